The van der Waals surface area contributed by atoms with Gasteiger partial charge >= 0.3 is 0 Å². The van der Waals surface area contributed by atoms with Crippen LogP contribution in [-0.4, -0.2) is 27.2 Å². The molecule has 1 N–H and O–H groups in total. The Labute approximate surface area is 136 Å². The molecule has 0 spiro atoms. The first-order valence-corrected chi connectivity index (χ1v) is 7.22. The molecular weight excluding hydrogens is 294 g/mol. The number of ether oxygens (including phenoxy) is 3. The first-order valence-electron chi connectivity index (χ1n) is 7.22. The van der Waals surface area contributed by atoms with Gasteiger partial charge in [0.2, 0.25) is 5.91 Å². The second-order valence-corrected chi connectivity index (χ2v) is 5.10. The van der Waals surface area contributed by atoms with Crippen LogP contribution < -0.4 is 19.5 Å². The lowest BCUT2D eigenvalue weighted by Crippen LogP contribution is -2.15. The third-order valence-corrected chi connectivity index (χ3v) is 3.52. The van der Waals surface area contributed by atoms with E-state index in [-0.39, 0.29) is 12.3 Å². The van der Waals surface area contributed by atoms with Crippen LogP contribution in [0, 0.1) is 6.92 Å². The molecule has 0 fully saturated rings. The highest BCUT2D eigenvalue weighted by Gasteiger charge is 2.10. The minimum Gasteiger partial charge on any atom is -0.497 e. The second-order valence-electron chi connectivity index (χ2n) is 5.10. The SMILES string of the molecule is COc1ccc(NC(=O)Cc2ccc(C)c(OC)c2)c(OC)c1. The van der Waals surface area contributed by atoms with Crippen molar-refractivity contribution in [3.05, 3.63) is 47.5 Å². The summed E-state index contributed by atoms with van der Waals surface area (Å²) in [5, 5.41) is 2.85. The number of amides is 1. The number of nitrogens with one attached hydrogen (secondary N) is 1. The minimum absolute atomic E-state index is 0.126. The zero-order valence-electron chi connectivity index (χ0n) is 13.8. The average molecular weight is 315 g/mol. The molecule has 0 heterocycles. The first-order chi connectivity index (χ1) is 11.1. The van der Waals surface area contributed by atoms with Crippen LogP contribution >= 0.6 is 0 Å². The number of aryl methyl sites for hydroxylation is 1. The smallest absolute Gasteiger partial charge is 0.228 e. The summed E-state index contributed by atoms with van der Waals surface area (Å²) in [6.45, 7) is 1.96. The fourth-order valence-electron chi connectivity index (χ4n) is 2.26. The molecule has 0 atom stereocenters. The molecule has 122 valence electrons. The quantitative estimate of drug-likeness (QED) is 0.889. The molecule has 0 aliphatic carbocycles. The minimum atomic E-state index is -0.126. The van der Waals surface area contributed by atoms with Gasteiger partial charge in [-0.3, -0.25) is 4.79 Å². The van der Waals surface area contributed by atoms with Crippen molar-refractivity contribution < 1.29 is 19.0 Å². The van der Waals surface area contributed by atoms with Gasteiger partial charge in [-0.2, -0.15) is 0 Å². The molecule has 0 saturated heterocycles. The van der Waals surface area contributed by atoms with Crippen LogP contribution in [-0.2, 0) is 11.2 Å². The number of benzene rings is 2. The molecule has 2 aromatic rings. The molecular formula is C18H21NO4. The van der Waals surface area contributed by atoms with Crippen LogP contribution in [0.3, 0.4) is 0 Å². The molecule has 0 aliphatic heterocycles. The zero-order chi connectivity index (χ0) is 16.8. The van der Waals surface area contributed by atoms with Crippen LogP contribution in [0.15, 0.2) is 36.4 Å². The Bertz CT molecular complexity index is 697. The van der Waals surface area contributed by atoms with E-state index < -0.39 is 0 Å². The lowest BCUT2D eigenvalue weighted by Gasteiger charge is -2.12. The molecule has 0 radical (unpaired) electrons. The maximum absolute atomic E-state index is 12.3. The third-order valence-electron chi connectivity index (χ3n) is 3.52. The number of methoxy groups -OCH3 is 3. The van der Waals surface area contributed by atoms with E-state index in [1.807, 2.05) is 25.1 Å². The molecule has 1 amide bonds. The largest absolute Gasteiger partial charge is 0.497 e. The van der Waals surface area contributed by atoms with Crippen molar-refractivity contribution in [2.45, 2.75) is 13.3 Å². The lowest BCUT2D eigenvalue weighted by molar-refractivity contribution is -0.115. The van der Waals surface area contributed by atoms with E-state index in [1.165, 1.54) is 0 Å². The predicted octanol–water partition coefficient (Wildman–Crippen LogP) is 3.20. The van der Waals surface area contributed by atoms with Crippen molar-refractivity contribution >= 4 is 11.6 Å². The maximum atomic E-state index is 12.3. The summed E-state index contributed by atoms with van der Waals surface area (Å²) in [7, 11) is 4.75. The number of carbonyl (C=O) groups is 1. The van der Waals surface area contributed by atoms with Gasteiger partial charge in [-0.05, 0) is 36.2 Å². The second kappa shape index (κ2) is 7.54. The molecule has 0 aromatic heterocycles. The standard InChI is InChI=1S/C18H21NO4/c1-12-5-6-13(9-16(12)22-3)10-18(20)19-15-8-7-14(21-2)11-17(15)23-4/h5-9,11H,10H2,1-4H3,(H,19,20). The summed E-state index contributed by atoms with van der Waals surface area (Å²) in [6.07, 6.45) is 0.256. The topological polar surface area (TPSA) is 56.8 Å². The average Bonchev–Trinajstić information content (AvgIpc) is 2.56. The Morgan fingerprint density at radius 1 is 0.957 bits per heavy atom. The number of hydrogen-bond acceptors (Lipinski definition) is 4. The molecule has 23 heavy (non-hydrogen) atoms. The van der Waals surface area contributed by atoms with E-state index >= 15 is 0 Å². The summed E-state index contributed by atoms with van der Waals surface area (Å²) < 4.78 is 15.7. The van der Waals surface area contributed by atoms with Gasteiger partial charge in [0.25, 0.3) is 0 Å². The van der Waals surface area contributed by atoms with Gasteiger partial charge in [-0.25, -0.2) is 0 Å². The van der Waals surface area contributed by atoms with Gasteiger partial charge < -0.3 is 19.5 Å². The monoisotopic (exact) mass is 315 g/mol. The molecule has 5 nitrogen and oxygen atoms in total. The van der Waals surface area contributed by atoms with E-state index in [1.54, 1.807) is 39.5 Å². The van der Waals surface area contributed by atoms with E-state index in [9.17, 15) is 4.79 Å². The highest BCUT2D eigenvalue weighted by Crippen LogP contribution is 2.29. The molecule has 5 heteroatoms. The summed E-state index contributed by atoms with van der Waals surface area (Å²) in [4.78, 5) is 12.3. The molecule has 0 unspecified atom stereocenters. The lowest BCUT2D eigenvalue weighted by atomic mass is 10.1. The van der Waals surface area contributed by atoms with Crippen LogP contribution in [0.5, 0.6) is 17.2 Å². The van der Waals surface area contributed by atoms with Crippen molar-refractivity contribution in [1.82, 2.24) is 0 Å². The van der Waals surface area contributed by atoms with Crippen LogP contribution in [0.4, 0.5) is 5.69 Å². The van der Waals surface area contributed by atoms with Gasteiger partial charge in [0.1, 0.15) is 17.2 Å². The van der Waals surface area contributed by atoms with Crippen molar-refractivity contribution in [2.75, 3.05) is 26.6 Å². The summed E-state index contributed by atoms with van der Waals surface area (Å²) in [5.41, 5.74) is 2.53. The van der Waals surface area contributed by atoms with Gasteiger partial charge in [0.15, 0.2) is 0 Å². The molecule has 0 aliphatic rings. The van der Waals surface area contributed by atoms with E-state index in [0.717, 1.165) is 16.9 Å². The van der Waals surface area contributed by atoms with Crippen molar-refractivity contribution in [3.63, 3.8) is 0 Å². The molecule has 2 rings (SSSR count). The Morgan fingerprint density at radius 2 is 1.70 bits per heavy atom. The highest BCUT2D eigenvalue weighted by atomic mass is 16.5. The Kier molecular flexibility index (Phi) is 5.46. The van der Waals surface area contributed by atoms with Crippen molar-refractivity contribution in [2.24, 2.45) is 0 Å². The first kappa shape index (κ1) is 16.7. The number of hydrogen-bond donors (Lipinski definition) is 1. The predicted molar refractivity (Wildman–Crippen MR) is 89.6 cm³/mol. The summed E-state index contributed by atoms with van der Waals surface area (Å²) in [5.74, 6) is 1.87. The van der Waals surface area contributed by atoms with Crippen molar-refractivity contribution in [3.8, 4) is 17.2 Å². The molecule has 2 aromatic carbocycles. The zero-order valence-corrected chi connectivity index (χ0v) is 13.8. The highest BCUT2D eigenvalue weighted by molar-refractivity contribution is 5.93. The van der Waals surface area contributed by atoms with Gasteiger partial charge in [-0.15, -0.1) is 0 Å². The van der Waals surface area contributed by atoms with Crippen LogP contribution in [0.25, 0.3) is 0 Å². The number of rotatable bonds is 6. The van der Waals surface area contributed by atoms with Gasteiger partial charge in [0, 0.05) is 6.07 Å². The fourth-order valence-corrected chi connectivity index (χ4v) is 2.26. The molecule has 0 saturated carbocycles. The Morgan fingerprint density at radius 3 is 2.35 bits per heavy atom. The number of anilines is 1. The Hall–Kier alpha value is -2.69. The van der Waals surface area contributed by atoms with Crippen molar-refractivity contribution in [1.29, 1.82) is 0 Å². The van der Waals surface area contributed by atoms with E-state index in [2.05, 4.69) is 5.32 Å². The summed E-state index contributed by atoms with van der Waals surface area (Å²) in [6, 6.07) is 11.0. The van der Waals surface area contributed by atoms with Crippen LogP contribution in [0.1, 0.15) is 11.1 Å². The normalized spacial score (nSPS) is 10.1. The third kappa shape index (κ3) is 4.16. The Balaban J connectivity index is 2.10. The summed E-state index contributed by atoms with van der Waals surface area (Å²) >= 11 is 0. The fraction of sp³-hybridized carbons (Fsp3) is 0.278. The number of carbonyl (C=O) groups excluding carboxylic acids is 1. The van der Waals surface area contributed by atoms with Crippen LogP contribution in [0.2, 0.25) is 0 Å². The van der Waals surface area contributed by atoms with E-state index in [0.29, 0.717) is 17.2 Å². The van der Waals surface area contributed by atoms with Gasteiger partial charge in [0.05, 0.1) is 33.4 Å². The maximum Gasteiger partial charge on any atom is 0.228 e. The van der Waals surface area contributed by atoms with Gasteiger partial charge in [-0.1, -0.05) is 12.1 Å². The molecule has 0 bridgehead atoms. The van der Waals surface area contributed by atoms with E-state index in [4.69, 9.17) is 14.2 Å².